The van der Waals surface area contributed by atoms with E-state index in [0.717, 1.165) is 0 Å². The quantitative estimate of drug-likeness (QED) is 0.411. The molecule has 0 unspecified atom stereocenters. The summed E-state index contributed by atoms with van der Waals surface area (Å²) >= 11 is 5.73. The molecule has 0 fully saturated rings. The number of carbonyl (C=O) groups excluding carboxylic acids is 1. The van der Waals surface area contributed by atoms with Gasteiger partial charge in [0.1, 0.15) is 16.4 Å². The molecule has 0 bridgehead atoms. The minimum absolute atomic E-state index is 0.237. The first-order valence-corrected chi connectivity index (χ1v) is 6.20. The van der Waals surface area contributed by atoms with Crippen molar-refractivity contribution in [3.63, 3.8) is 0 Å². The van der Waals surface area contributed by atoms with Crippen LogP contribution in [0, 0.1) is 6.92 Å². The van der Waals surface area contributed by atoms with Gasteiger partial charge in [0.05, 0.1) is 5.56 Å². The summed E-state index contributed by atoms with van der Waals surface area (Å²) in [6.07, 6.45) is 1.45. The van der Waals surface area contributed by atoms with Crippen molar-refractivity contribution >= 4 is 28.7 Å². The summed E-state index contributed by atoms with van der Waals surface area (Å²) in [5, 5.41) is 0.237. The fourth-order valence-corrected chi connectivity index (χ4v) is 1.95. The minimum Gasteiger partial charge on any atom is -0.441 e. The van der Waals surface area contributed by atoms with Crippen molar-refractivity contribution in [2.75, 3.05) is 0 Å². The molecule has 0 N–H and O–H groups in total. The van der Waals surface area contributed by atoms with Gasteiger partial charge in [-0.2, -0.15) is 0 Å². The molecule has 5 nitrogen and oxygen atoms in total. The number of carbonyl (C=O) groups is 1. The van der Waals surface area contributed by atoms with Crippen LogP contribution >= 0.6 is 11.6 Å². The number of benzene rings is 1. The van der Waals surface area contributed by atoms with Crippen molar-refractivity contribution in [2.45, 2.75) is 6.92 Å². The predicted octanol–water partition coefficient (Wildman–Crippen LogP) is 3.40. The lowest BCUT2D eigenvalue weighted by molar-refractivity contribution is 0.0735. The Morgan fingerprint density at radius 3 is 2.95 bits per heavy atom. The van der Waals surface area contributed by atoms with Gasteiger partial charge in [-0.25, -0.2) is 14.8 Å². The van der Waals surface area contributed by atoms with Crippen molar-refractivity contribution in [3.8, 4) is 5.75 Å². The van der Waals surface area contributed by atoms with E-state index in [-0.39, 0.29) is 5.15 Å². The summed E-state index contributed by atoms with van der Waals surface area (Å²) in [4.78, 5) is 19.9. The molecule has 1 aromatic carbocycles. The Bertz CT molecular complexity index is 798. The van der Waals surface area contributed by atoms with E-state index in [1.54, 1.807) is 25.1 Å². The van der Waals surface area contributed by atoms with Crippen LogP contribution in [-0.4, -0.2) is 15.9 Å². The molecule has 0 saturated heterocycles. The molecule has 0 amide bonds. The summed E-state index contributed by atoms with van der Waals surface area (Å²) in [7, 11) is 0. The zero-order chi connectivity index (χ0) is 14.1. The first kappa shape index (κ1) is 12.6. The number of halogens is 1. The number of fused-ring (bicyclic) bond motifs is 1. The molecule has 0 aliphatic rings. The number of ether oxygens (including phenoxy) is 1. The molecular formula is C14H9ClN2O3. The van der Waals surface area contributed by atoms with E-state index in [0.29, 0.717) is 28.3 Å². The van der Waals surface area contributed by atoms with E-state index in [4.69, 9.17) is 20.8 Å². The number of aryl methyl sites for hydroxylation is 1. The fraction of sp³-hybridized carbons (Fsp3) is 0.0714. The van der Waals surface area contributed by atoms with Crippen LogP contribution in [0.1, 0.15) is 16.2 Å². The second-order valence-electron chi connectivity index (χ2n) is 4.12. The third kappa shape index (κ3) is 2.48. The van der Waals surface area contributed by atoms with E-state index in [2.05, 4.69) is 9.97 Å². The second kappa shape index (κ2) is 4.94. The van der Waals surface area contributed by atoms with Gasteiger partial charge < -0.3 is 9.15 Å². The molecule has 3 aromatic rings. The molecule has 0 atom stereocenters. The van der Waals surface area contributed by atoms with E-state index in [1.165, 1.54) is 18.3 Å². The van der Waals surface area contributed by atoms with E-state index < -0.39 is 5.97 Å². The maximum Gasteiger partial charge on any atom is 0.343 e. The van der Waals surface area contributed by atoms with Crippen LogP contribution in [0.15, 0.2) is 40.9 Å². The number of hydrogen-bond acceptors (Lipinski definition) is 5. The lowest BCUT2D eigenvalue weighted by atomic mass is 10.2. The minimum atomic E-state index is -0.509. The molecule has 2 heterocycles. The van der Waals surface area contributed by atoms with E-state index in [1.807, 2.05) is 0 Å². The Hall–Kier alpha value is -2.40. The van der Waals surface area contributed by atoms with Crippen LogP contribution in [0.5, 0.6) is 5.75 Å². The number of oxazole rings is 1. The number of pyridine rings is 1. The number of rotatable bonds is 2. The van der Waals surface area contributed by atoms with Crippen LogP contribution in [0.25, 0.3) is 11.1 Å². The van der Waals surface area contributed by atoms with Crippen molar-refractivity contribution in [1.29, 1.82) is 0 Å². The highest BCUT2D eigenvalue weighted by Gasteiger charge is 2.11. The van der Waals surface area contributed by atoms with Gasteiger partial charge >= 0.3 is 5.97 Å². The molecule has 0 aliphatic carbocycles. The van der Waals surface area contributed by atoms with Crippen LogP contribution in [0.3, 0.4) is 0 Å². The van der Waals surface area contributed by atoms with Gasteiger partial charge in [-0.05, 0) is 24.3 Å². The summed E-state index contributed by atoms with van der Waals surface area (Å²) in [6.45, 7) is 1.75. The van der Waals surface area contributed by atoms with Crippen LogP contribution in [-0.2, 0) is 0 Å². The van der Waals surface area contributed by atoms with Crippen LogP contribution < -0.4 is 4.74 Å². The van der Waals surface area contributed by atoms with Crippen LogP contribution in [0.2, 0.25) is 5.15 Å². The Balaban J connectivity index is 1.87. The molecular weight excluding hydrogens is 280 g/mol. The second-order valence-corrected chi connectivity index (χ2v) is 4.51. The van der Waals surface area contributed by atoms with Gasteiger partial charge in [-0.15, -0.1) is 0 Å². The Labute approximate surface area is 119 Å². The molecule has 0 aliphatic heterocycles. The number of esters is 1. The van der Waals surface area contributed by atoms with E-state index >= 15 is 0 Å². The molecule has 0 saturated carbocycles. The average molecular weight is 289 g/mol. The predicted molar refractivity (Wildman–Crippen MR) is 73.0 cm³/mol. The highest BCUT2D eigenvalue weighted by Crippen LogP contribution is 2.22. The lowest BCUT2D eigenvalue weighted by Crippen LogP contribution is -2.08. The summed E-state index contributed by atoms with van der Waals surface area (Å²) in [6, 6.07) is 7.99. The third-order valence-electron chi connectivity index (χ3n) is 2.64. The maximum atomic E-state index is 12.0. The summed E-state index contributed by atoms with van der Waals surface area (Å²) in [5.41, 5.74) is 1.62. The van der Waals surface area contributed by atoms with Crippen LogP contribution in [0.4, 0.5) is 0 Å². The monoisotopic (exact) mass is 288 g/mol. The van der Waals surface area contributed by atoms with Gasteiger partial charge in [0, 0.05) is 19.2 Å². The topological polar surface area (TPSA) is 65.2 Å². The Morgan fingerprint density at radius 2 is 2.15 bits per heavy atom. The average Bonchev–Trinajstić information content (AvgIpc) is 2.78. The summed E-state index contributed by atoms with van der Waals surface area (Å²) in [5.74, 6) is 0.431. The normalized spacial score (nSPS) is 10.7. The fourth-order valence-electron chi connectivity index (χ4n) is 1.78. The Morgan fingerprint density at radius 1 is 1.30 bits per heavy atom. The SMILES string of the molecule is Cc1nc2ccc(OC(=O)c3ccnc(Cl)c3)cc2o1. The molecule has 2 aromatic heterocycles. The first-order chi connectivity index (χ1) is 9.61. The molecule has 0 radical (unpaired) electrons. The molecule has 3 rings (SSSR count). The first-order valence-electron chi connectivity index (χ1n) is 5.83. The van der Waals surface area contributed by atoms with Crippen molar-refractivity contribution in [2.24, 2.45) is 0 Å². The zero-order valence-corrected chi connectivity index (χ0v) is 11.2. The van der Waals surface area contributed by atoms with Crippen molar-refractivity contribution in [1.82, 2.24) is 9.97 Å². The number of hydrogen-bond donors (Lipinski definition) is 0. The Kier molecular flexibility index (Phi) is 3.12. The van der Waals surface area contributed by atoms with Gasteiger partial charge in [-0.1, -0.05) is 11.6 Å². The highest BCUT2D eigenvalue weighted by molar-refractivity contribution is 6.29. The van der Waals surface area contributed by atoms with Crippen molar-refractivity contribution in [3.05, 3.63) is 53.1 Å². The van der Waals surface area contributed by atoms with Gasteiger partial charge in [0.2, 0.25) is 0 Å². The molecule has 100 valence electrons. The zero-order valence-electron chi connectivity index (χ0n) is 10.5. The smallest absolute Gasteiger partial charge is 0.343 e. The molecule has 6 heteroatoms. The number of nitrogens with zero attached hydrogens (tertiary/aromatic N) is 2. The molecule has 20 heavy (non-hydrogen) atoms. The highest BCUT2D eigenvalue weighted by atomic mass is 35.5. The molecule has 0 spiro atoms. The standard InChI is InChI=1S/C14H9ClN2O3/c1-8-17-11-3-2-10(7-12(11)19-8)20-14(18)9-4-5-16-13(15)6-9/h2-7H,1H3. The lowest BCUT2D eigenvalue weighted by Gasteiger charge is -2.03. The van der Waals surface area contributed by atoms with Gasteiger partial charge in [0.25, 0.3) is 0 Å². The van der Waals surface area contributed by atoms with Crippen molar-refractivity contribution < 1.29 is 13.9 Å². The van der Waals surface area contributed by atoms with Gasteiger partial charge in [0.15, 0.2) is 11.5 Å². The number of aromatic nitrogens is 2. The summed E-state index contributed by atoms with van der Waals surface area (Å²) < 4.78 is 10.6. The maximum absolute atomic E-state index is 12.0. The van der Waals surface area contributed by atoms with E-state index in [9.17, 15) is 4.79 Å². The largest absolute Gasteiger partial charge is 0.441 e. The van der Waals surface area contributed by atoms with Gasteiger partial charge in [-0.3, -0.25) is 0 Å². The third-order valence-corrected chi connectivity index (χ3v) is 2.85.